The van der Waals surface area contributed by atoms with Crippen LogP contribution in [0.4, 0.5) is 0 Å². The number of hydrogen-bond acceptors (Lipinski definition) is 2. The average molecular weight is 256 g/mol. The van der Waals surface area contributed by atoms with Crippen LogP contribution in [0.15, 0.2) is 24.3 Å². The first-order chi connectivity index (χ1) is 8.13. The fourth-order valence-corrected chi connectivity index (χ4v) is 2.58. The Bertz CT molecular complexity index is 324. The summed E-state index contributed by atoms with van der Waals surface area (Å²) in [7, 11) is 3.76. The number of ether oxygens (including phenoxy) is 1. The van der Waals surface area contributed by atoms with E-state index >= 15 is 0 Å². The van der Waals surface area contributed by atoms with Crippen LogP contribution in [0.5, 0.6) is 0 Å². The monoisotopic (exact) mass is 255 g/mol. The van der Waals surface area contributed by atoms with E-state index in [1.54, 1.807) is 7.11 Å². The predicted octanol–water partition coefficient (Wildman–Crippen LogP) is 3.81. The van der Waals surface area contributed by atoms with E-state index in [9.17, 15) is 0 Å². The third-order valence-corrected chi connectivity index (χ3v) is 3.87. The zero-order valence-corrected chi connectivity index (χ0v) is 11.8. The lowest BCUT2D eigenvalue weighted by Crippen LogP contribution is -2.43. The summed E-state index contributed by atoms with van der Waals surface area (Å²) >= 11 is 5.92. The maximum absolute atomic E-state index is 5.92. The molecule has 1 aromatic carbocycles. The Kier molecular flexibility index (Phi) is 5.44. The molecule has 0 aliphatic heterocycles. The van der Waals surface area contributed by atoms with Gasteiger partial charge in [0.05, 0.1) is 11.6 Å². The van der Waals surface area contributed by atoms with Gasteiger partial charge >= 0.3 is 0 Å². The molecule has 1 unspecified atom stereocenters. The highest BCUT2D eigenvalue weighted by atomic mass is 35.5. The zero-order chi connectivity index (χ0) is 12.9. The molecule has 1 aromatic rings. The lowest BCUT2D eigenvalue weighted by molar-refractivity contribution is -0.0467. The number of benzene rings is 1. The first-order valence-electron chi connectivity index (χ1n) is 6.11. The molecule has 0 aromatic heterocycles. The van der Waals surface area contributed by atoms with Gasteiger partial charge in [0, 0.05) is 12.1 Å². The normalized spacial score (nSPS) is 13.7. The van der Waals surface area contributed by atoms with E-state index in [4.69, 9.17) is 16.3 Å². The van der Waals surface area contributed by atoms with Crippen molar-refractivity contribution >= 4 is 11.6 Å². The van der Waals surface area contributed by atoms with Crippen molar-refractivity contribution < 1.29 is 4.74 Å². The van der Waals surface area contributed by atoms with Crippen molar-refractivity contribution in [2.75, 3.05) is 14.2 Å². The molecule has 2 nitrogen and oxygen atoms in total. The van der Waals surface area contributed by atoms with Crippen LogP contribution < -0.4 is 5.32 Å². The Hall–Kier alpha value is -0.570. The van der Waals surface area contributed by atoms with Crippen molar-refractivity contribution in [1.82, 2.24) is 5.32 Å². The van der Waals surface area contributed by atoms with Crippen molar-refractivity contribution in [3.63, 3.8) is 0 Å². The fraction of sp³-hybridized carbons (Fsp3) is 0.571. The van der Waals surface area contributed by atoms with E-state index < -0.39 is 0 Å². The van der Waals surface area contributed by atoms with Gasteiger partial charge in [0.2, 0.25) is 0 Å². The number of nitrogens with one attached hydrogen (secondary N) is 1. The molecule has 0 saturated heterocycles. The van der Waals surface area contributed by atoms with Crippen molar-refractivity contribution in [3.05, 3.63) is 34.9 Å². The van der Waals surface area contributed by atoms with E-state index in [2.05, 4.69) is 31.3 Å². The second-order valence-corrected chi connectivity index (χ2v) is 4.69. The molecule has 96 valence electrons. The van der Waals surface area contributed by atoms with Crippen molar-refractivity contribution in [2.45, 2.75) is 38.3 Å². The van der Waals surface area contributed by atoms with Gasteiger partial charge in [0.1, 0.15) is 0 Å². The summed E-state index contributed by atoms with van der Waals surface area (Å²) in [6.07, 6.45) is 1.93. The molecule has 0 bridgehead atoms. The second-order valence-electron chi connectivity index (χ2n) is 4.25. The average Bonchev–Trinajstić information content (AvgIpc) is 2.38. The Morgan fingerprint density at radius 3 is 2.12 bits per heavy atom. The smallest absolute Gasteiger partial charge is 0.0867 e. The zero-order valence-electron chi connectivity index (χ0n) is 11.1. The molecule has 1 atom stereocenters. The van der Waals surface area contributed by atoms with Crippen molar-refractivity contribution in [1.29, 1.82) is 0 Å². The minimum Gasteiger partial charge on any atom is -0.376 e. The Labute approximate surface area is 109 Å². The van der Waals surface area contributed by atoms with Crippen LogP contribution in [0.3, 0.4) is 0 Å². The number of halogens is 1. The molecule has 0 fully saturated rings. The third-order valence-electron chi connectivity index (χ3n) is 3.62. The maximum atomic E-state index is 5.92. The minimum atomic E-state index is -0.164. The van der Waals surface area contributed by atoms with E-state index in [1.165, 1.54) is 5.56 Å². The van der Waals surface area contributed by atoms with Gasteiger partial charge in [-0.15, -0.1) is 0 Å². The van der Waals surface area contributed by atoms with E-state index in [0.29, 0.717) is 0 Å². The molecule has 3 heteroatoms. The highest BCUT2D eigenvalue weighted by Gasteiger charge is 2.35. The summed E-state index contributed by atoms with van der Waals surface area (Å²) in [5.74, 6) is 0. The van der Waals surface area contributed by atoms with Gasteiger partial charge in [-0.05, 0) is 37.6 Å². The van der Waals surface area contributed by atoms with E-state index in [1.807, 2.05) is 19.2 Å². The number of likely N-dealkylation sites (N-methyl/N-ethyl adjacent to an activating group) is 1. The van der Waals surface area contributed by atoms with Crippen LogP contribution in [0.2, 0.25) is 5.02 Å². The summed E-state index contributed by atoms with van der Waals surface area (Å²) in [6.45, 7) is 4.32. The van der Waals surface area contributed by atoms with Crippen LogP contribution in [-0.4, -0.2) is 19.8 Å². The van der Waals surface area contributed by atoms with Gasteiger partial charge < -0.3 is 10.1 Å². The standard InChI is InChI=1S/C14H22ClNO/c1-5-14(6-2,17-4)13(16-3)11-7-9-12(15)10-8-11/h7-10,13,16H,5-6H2,1-4H3. The molecular weight excluding hydrogens is 234 g/mol. The molecule has 0 spiro atoms. The number of rotatable bonds is 6. The summed E-state index contributed by atoms with van der Waals surface area (Å²) < 4.78 is 5.78. The SMILES string of the molecule is CCC(CC)(OC)C(NC)c1ccc(Cl)cc1. The van der Waals surface area contributed by atoms with Crippen molar-refractivity contribution in [3.8, 4) is 0 Å². The molecule has 0 amide bonds. The summed E-state index contributed by atoms with van der Waals surface area (Å²) in [6, 6.07) is 8.14. The van der Waals surface area contributed by atoms with Crippen LogP contribution in [0.1, 0.15) is 38.3 Å². The molecule has 1 rings (SSSR count). The molecule has 1 N–H and O–H groups in total. The minimum absolute atomic E-state index is 0.164. The molecule has 0 heterocycles. The van der Waals surface area contributed by atoms with Gasteiger partial charge in [-0.2, -0.15) is 0 Å². The van der Waals surface area contributed by atoms with E-state index in [0.717, 1.165) is 17.9 Å². The maximum Gasteiger partial charge on any atom is 0.0867 e. The van der Waals surface area contributed by atoms with Gasteiger partial charge in [0.25, 0.3) is 0 Å². The topological polar surface area (TPSA) is 21.3 Å². The largest absolute Gasteiger partial charge is 0.376 e. The highest BCUT2D eigenvalue weighted by Crippen LogP contribution is 2.34. The van der Waals surface area contributed by atoms with Crippen LogP contribution >= 0.6 is 11.6 Å². The molecule has 0 radical (unpaired) electrons. The van der Waals surface area contributed by atoms with Crippen LogP contribution in [-0.2, 0) is 4.74 Å². The Morgan fingerprint density at radius 2 is 1.76 bits per heavy atom. The Balaban J connectivity index is 3.08. The predicted molar refractivity (Wildman–Crippen MR) is 73.6 cm³/mol. The molecule has 0 saturated carbocycles. The van der Waals surface area contributed by atoms with E-state index in [-0.39, 0.29) is 11.6 Å². The van der Waals surface area contributed by atoms with Gasteiger partial charge in [0.15, 0.2) is 0 Å². The fourth-order valence-electron chi connectivity index (χ4n) is 2.45. The first-order valence-corrected chi connectivity index (χ1v) is 6.49. The van der Waals surface area contributed by atoms with Gasteiger partial charge in [-0.3, -0.25) is 0 Å². The number of methoxy groups -OCH3 is 1. The highest BCUT2D eigenvalue weighted by molar-refractivity contribution is 6.30. The summed E-state index contributed by atoms with van der Waals surface area (Å²) in [5, 5.41) is 4.13. The molecular formula is C14H22ClNO. The molecule has 17 heavy (non-hydrogen) atoms. The summed E-state index contributed by atoms with van der Waals surface area (Å²) in [4.78, 5) is 0. The third kappa shape index (κ3) is 3.01. The summed E-state index contributed by atoms with van der Waals surface area (Å²) in [5.41, 5.74) is 1.05. The lowest BCUT2D eigenvalue weighted by Gasteiger charge is -2.38. The number of hydrogen-bond donors (Lipinski definition) is 1. The van der Waals surface area contributed by atoms with Gasteiger partial charge in [-0.25, -0.2) is 0 Å². The van der Waals surface area contributed by atoms with Crippen molar-refractivity contribution in [2.24, 2.45) is 0 Å². The lowest BCUT2D eigenvalue weighted by atomic mass is 9.84. The first kappa shape index (κ1) is 14.5. The van der Waals surface area contributed by atoms with Crippen LogP contribution in [0, 0.1) is 0 Å². The Morgan fingerprint density at radius 1 is 1.24 bits per heavy atom. The van der Waals surface area contributed by atoms with Crippen LogP contribution in [0.25, 0.3) is 0 Å². The molecule has 0 aliphatic carbocycles. The molecule has 0 aliphatic rings. The van der Waals surface area contributed by atoms with Gasteiger partial charge in [-0.1, -0.05) is 37.6 Å². The quantitative estimate of drug-likeness (QED) is 0.835. The second kappa shape index (κ2) is 6.39.